The molecule has 348 valence electrons. The number of nitrogens with zero attached hydrogens (tertiary/aromatic N) is 9. The molecule has 0 aliphatic carbocycles. The van der Waals surface area contributed by atoms with Crippen LogP contribution in [0.15, 0.2) is 73.6 Å². The van der Waals surface area contributed by atoms with E-state index < -0.39 is 0 Å². The van der Waals surface area contributed by atoms with E-state index in [4.69, 9.17) is 25.5 Å². The maximum atomic E-state index is 13.8. The number of hydrogen-bond donors (Lipinski definition) is 3. The predicted octanol–water partition coefficient (Wildman–Crippen LogP) is 10.2. The summed E-state index contributed by atoms with van der Waals surface area (Å²) >= 11 is 3.03. The predicted molar refractivity (Wildman–Crippen MR) is 257 cm³/mol. The summed E-state index contributed by atoms with van der Waals surface area (Å²) in [5, 5.41) is 18.8. The van der Waals surface area contributed by atoms with Crippen LogP contribution in [0, 0.1) is 25.5 Å². The average Bonchev–Trinajstić information content (AvgIpc) is 4.15. The molecule has 8 heterocycles. The van der Waals surface area contributed by atoms with Crippen molar-refractivity contribution in [3.05, 3.63) is 94.9 Å². The van der Waals surface area contributed by atoms with E-state index in [1.807, 2.05) is 42.5 Å². The summed E-state index contributed by atoms with van der Waals surface area (Å²) in [7, 11) is 3.04. The van der Waals surface area contributed by atoms with Crippen molar-refractivity contribution in [3.63, 3.8) is 0 Å². The number of aromatic nitrogens is 8. The van der Waals surface area contributed by atoms with E-state index in [0.29, 0.717) is 59.4 Å². The van der Waals surface area contributed by atoms with Gasteiger partial charge in [-0.1, -0.05) is 0 Å². The van der Waals surface area contributed by atoms with Gasteiger partial charge in [-0.2, -0.15) is 10.2 Å². The number of methoxy groups -OCH3 is 2. The first kappa shape index (κ1) is 44.1. The van der Waals surface area contributed by atoms with Gasteiger partial charge in [-0.3, -0.25) is 9.36 Å². The van der Waals surface area contributed by atoms with Gasteiger partial charge in [0.2, 0.25) is 11.9 Å². The molecule has 0 spiro atoms. The number of aryl methyl sites for hydroxylation is 2. The monoisotopic (exact) mass is 949 g/mol. The first-order valence-electron chi connectivity index (χ1n) is 22.5. The van der Waals surface area contributed by atoms with Crippen molar-refractivity contribution >= 4 is 72.5 Å². The molecule has 0 saturated carbocycles. The number of halogens is 2. The van der Waals surface area contributed by atoms with E-state index in [2.05, 4.69) is 36.1 Å². The van der Waals surface area contributed by atoms with Gasteiger partial charge in [0.1, 0.15) is 23.1 Å². The minimum absolute atomic E-state index is 0.142. The first-order chi connectivity index (χ1) is 33.0. The van der Waals surface area contributed by atoms with Gasteiger partial charge in [-0.15, -0.1) is 22.7 Å². The number of ether oxygens (including phenoxy) is 3. The van der Waals surface area contributed by atoms with E-state index in [1.54, 1.807) is 47.0 Å². The molecule has 20 heteroatoms. The Morgan fingerprint density at radius 1 is 0.776 bits per heavy atom. The molecule has 2 fully saturated rings. The number of likely N-dealkylation sites (tertiary alicyclic amines) is 1. The number of rotatable bonds is 11. The third kappa shape index (κ3) is 9.87. The molecular weight excluding hydrogens is 899 g/mol. The molecule has 1 amide bonds. The Bertz CT molecular complexity index is 3090. The molecule has 2 saturated heterocycles. The van der Waals surface area contributed by atoms with Gasteiger partial charge in [0, 0.05) is 69.6 Å². The molecular formula is C47H50F2N12O4S2. The van der Waals surface area contributed by atoms with E-state index >= 15 is 0 Å². The third-order valence-corrected chi connectivity index (χ3v) is 13.8. The number of fused-ring (bicyclic) bond motifs is 2. The van der Waals surface area contributed by atoms with Gasteiger partial charge in [0.25, 0.3) is 0 Å². The zero-order chi connectivity index (χ0) is 47.5. The lowest BCUT2D eigenvalue weighted by molar-refractivity contribution is 0.0915. The lowest BCUT2D eigenvalue weighted by atomic mass is 10.0. The molecule has 67 heavy (non-hydrogen) atoms. The van der Waals surface area contributed by atoms with Crippen LogP contribution in [0.4, 0.5) is 36.8 Å². The van der Waals surface area contributed by atoms with E-state index in [-0.39, 0.29) is 29.9 Å². The maximum absolute atomic E-state index is 13.8. The lowest BCUT2D eigenvalue weighted by Crippen LogP contribution is -2.39. The summed E-state index contributed by atoms with van der Waals surface area (Å²) in [6.07, 6.45) is 12.7. The van der Waals surface area contributed by atoms with Crippen LogP contribution in [0.3, 0.4) is 0 Å². The first-order valence-corrected chi connectivity index (χ1v) is 23.6. The molecule has 0 bridgehead atoms. The quantitative estimate of drug-likeness (QED) is 0.112. The van der Waals surface area contributed by atoms with Crippen molar-refractivity contribution in [1.29, 1.82) is 0 Å². The normalized spacial score (nSPS) is 14.7. The maximum Gasteiger partial charge on any atom is 0.409 e. The standard InChI is InChI=1S/C25H27FN6O3S.C22H23FN6OS/c1-4-35-25(33)31-9-7-18(8-10-31)32-14-17(12-28-32)29-24-27-13-21-23(30-24)22(15(2)36-21)19-6-5-16(26)11-20(19)34-3;1-13-20(17-4-3-14(23)9-18(17)30-2)21-19(31-13)11-25-22(28-21)27-15-10-26-29(12-15)16-5-7-24-8-6-16/h5-6,11-14,18H,4,7-10H2,1-3H3,(H,27,29,30);3-4,9-12,16,24H,5-8H2,1-2H3,(H,25,27,28)/i;11D. The van der Waals surface area contributed by atoms with Crippen LogP contribution in [0.1, 0.15) is 55.8 Å². The molecule has 6 aromatic heterocycles. The molecule has 2 aromatic carbocycles. The number of nitrogens with one attached hydrogen (secondary N) is 3. The fraction of sp³-hybridized carbons (Fsp3) is 0.340. The Balaban J connectivity index is 0.000000171. The highest BCUT2D eigenvalue weighted by atomic mass is 32.1. The van der Waals surface area contributed by atoms with E-state index in [9.17, 15) is 13.6 Å². The molecule has 10 rings (SSSR count). The van der Waals surface area contributed by atoms with Gasteiger partial charge in [0.05, 0.1) is 90.9 Å². The van der Waals surface area contributed by atoms with E-state index in [0.717, 1.165) is 92.4 Å². The Labute approximate surface area is 394 Å². The Morgan fingerprint density at radius 2 is 1.30 bits per heavy atom. The fourth-order valence-corrected chi connectivity index (χ4v) is 10.5. The highest BCUT2D eigenvalue weighted by Crippen LogP contribution is 2.43. The molecule has 16 nitrogen and oxygen atoms in total. The highest BCUT2D eigenvalue weighted by Gasteiger charge is 2.26. The summed E-state index contributed by atoms with van der Waals surface area (Å²) < 4.78 is 57.4. The molecule has 2 aliphatic heterocycles. The number of piperidine rings is 2. The molecule has 3 N–H and O–H groups in total. The molecule has 2 aliphatic rings. The number of amides is 1. The average molecular weight is 950 g/mol. The zero-order valence-corrected chi connectivity index (χ0v) is 39.2. The number of carbonyl (C=O) groups excluding carboxylic acids is 1. The van der Waals surface area contributed by atoms with Gasteiger partial charge in [-0.25, -0.2) is 33.5 Å². The molecule has 0 radical (unpaired) electrons. The Morgan fingerprint density at radius 3 is 1.85 bits per heavy atom. The van der Waals surface area contributed by atoms with Crippen LogP contribution in [-0.4, -0.2) is 97.5 Å². The molecule has 0 unspecified atom stereocenters. The lowest BCUT2D eigenvalue weighted by Gasteiger charge is -2.31. The third-order valence-electron chi connectivity index (χ3n) is 11.8. The smallest absolute Gasteiger partial charge is 0.409 e. The molecule has 0 atom stereocenters. The number of anilines is 4. The van der Waals surface area contributed by atoms with Gasteiger partial charge in [-0.05, 0) is 83.8 Å². The summed E-state index contributed by atoms with van der Waals surface area (Å²) in [5.74, 6) is 0.934. The summed E-state index contributed by atoms with van der Waals surface area (Å²) in [4.78, 5) is 34.0. The van der Waals surface area contributed by atoms with Gasteiger partial charge in [0.15, 0.2) is 0 Å². The van der Waals surface area contributed by atoms with Crippen LogP contribution < -0.4 is 25.4 Å². The van der Waals surface area contributed by atoms with Crippen LogP contribution >= 0.6 is 22.7 Å². The minimum Gasteiger partial charge on any atom is -0.496 e. The molecule has 8 aromatic rings. The minimum atomic E-state index is -0.369. The van der Waals surface area contributed by atoms with Crippen molar-refractivity contribution in [3.8, 4) is 33.8 Å². The summed E-state index contributed by atoms with van der Waals surface area (Å²) in [5.41, 5.74) is 6.22. The van der Waals surface area contributed by atoms with Crippen molar-refractivity contribution in [1.82, 2.24) is 49.7 Å². The van der Waals surface area contributed by atoms with Crippen LogP contribution in [0.25, 0.3) is 42.7 Å². The van der Waals surface area contributed by atoms with E-state index in [1.165, 1.54) is 49.8 Å². The summed E-state index contributed by atoms with van der Waals surface area (Å²) in [6, 6.07) is 9.54. The Hall–Kier alpha value is -6.77. The number of carbonyl (C=O) groups is 1. The number of thiophene rings is 2. The van der Waals surface area contributed by atoms with Crippen LogP contribution in [0.5, 0.6) is 11.5 Å². The number of hydrogen-bond acceptors (Lipinski definition) is 15. The van der Waals surface area contributed by atoms with Crippen LogP contribution in [0.2, 0.25) is 0 Å². The van der Waals surface area contributed by atoms with Crippen molar-refractivity contribution in [2.24, 2.45) is 0 Å². The van der Waals surface area contributed by atoms with Crippen LogP contribution in [-0.2, 0) is 4.74 Å². The second-order valence-corrected chi connectivity index (χ2v) is 18.5. The second kappa shape index (κ2) is 20.0. The van der Waals surface area contributed by atoms with Gasteiger partial charge < -0.3 is 35.1 Å². The van der Waals surface area contributed by atoms with Crippen molar-refractivity contribution in [2.45, 2.75) is 58.5 Å². The second-order valence-electron chi connectivity index (χ2n) is 16.1. The topological polar surface area (TPSA) is 171 Å². The fourth-order valence-electron chi connectivity index (χ4n) is 8.51. The summed E-state index contributed by atoms with van der Waals surface area (Å²) in [6.45, 7) is 9.41. The van der Waals surface area contributed by atoms with Crippen molar-refractivity contribution < 1.29 is 29.2 Å². The Kier molecular flexibility index (Phi) is 13.2. The largest absolute Gasteiger partial charge is 0.496 e. The zero-order valence-electron chi connectivity index (χ0n) is 38.6. The SMILES string of the molecule is CCOC(=O)N1CCC(n2cc(Nc3ncc4sc(C)c(-c5ccc(F)cc5OC)c4n3)cn2)CC1.[2H]c1nc(Nc2cnn(C3CCNCC3)c2)nc2c(-c3ccc(F)cc3OC)c(C)sc12. The highest BCUT2D eigenvalue weighted by molar-refractivity contribution is 7.20. The van der Waals surface area contributed by atoms with Gasteiger partial charge >= 0.3 is 6.09 Å². The van der Waals surface area contributed by atoms with Crippen molar-refractivity contribution in [2.75, 3.05) is 57.6 Å². The number of benzene rings is 2.